The lowest BCUT2D eigenvalue weighted by atomic mass is 10.2. The van der Waals surface area contributed by atoms with E-state index in [1.165, 1.54) is 4.90 Å². The van der Waals surface area contributed by atoms with Gasteiger partial charge in [0.2, 0.25) is 0 Å². The van der Waals surface area contributed by atoms with Gasteiger partial charge in [-0.25, -0.2) is 4.79 Å². The third kappa shape index (κ3) is 5.03. The topological polar surface area (TPSA) is 86.7 Å². The zero-order valence-corrected chi connectivity index (χ0v) is 11.4. The first kappa shape index (κ1) is 14.9. The molecule has 1 atom stereocenters. The van der Waals surface area contributed by atoms with Crippen LogP contribution in [0.3, 0.4) is 0 Å². The zero-order chi connectivity index (χ0) is 13.5. The Bertz CT molecular complexity index is 329. The second kappa shape index (κ2) is 7.35. The minimum atomic E-state index is -1.00. The van der Waals surface area contributed by atoms with Gasteiger partial charge in [-0.3, -0.25) is 9.00 Å². The van der Waals surface area contributed by atoms with Crippen molar-refractivity contribution in [1.82, 2.24) is 10.2 Å². The van der Waals surface area contributed by atoms with Gasteiger partial charge in [0, 0.05) is 35.4 Å². The Morgan fingerprint density at radius 2 is 2.00 bits per heavy atom. The Hall–Kier alpha value is -1.11. The van der Waals surface area contributed by atoms with E-state index in [1.54, 1.807) is 6.26 Å². The fraction of sp³-hybridized carbons (Fsp3) is 0.818. The summed E-state index contributed by atoms with van der Waals surface area (Å²) in [5, 5.41) is 11.5. The molecular formula is C11H20N2O4S. The van der Waals surface area contributed by atoms with E-state index < -0.39 is 16.8 Å². The SMILES string of the molecule is CS(=O)CCNC(=O)N(CC(=O)O)C1CCCC1. The summed E-state index contributed by atoms with van der Waals surface area (Å²) in [5.74, 6) is -0.617. The van der Waals surface area contributed by atoms with E-state index in [1.807, 2.05) is 0 Å². The first-order valence-corrected chi connectivity index (χ1v) is 7.79. The summed E-state index contributed by atoms with van der Waals surface area (Å²) in [6.07, 6.45) is 5.36. The van der Waals surface area contributed by atoms with E-state index in [2.05, 4.69) is 5.32 Å². The summed E-state index contributed by atoms with van der Waals surface area (Å²) in [5.41, 5.74) is 0. The molecule has 0 aromatic heterocycles. The van der Waals surface area contributed by atoms with Gasteiger partial charge in [-0.05, 0) is 12.8 Å². The Kier molecular flexibility index (Phi) is 6.11. The predicted molar refractivity (Wildman–Crippen MR) is 68.9 cm³/mol. The molecule has 0 bridgehead atoms. The third-order valence-corrected chi connectivity index (χ3v) is 3.78. The molecule has 7 heteroatoms. The molecule has 0 saturated heterocycles. The van der Waals surface area contributed by atoms with Crippen LogP contribution in [0.5, 0.6) is 0 Å². The highest BCUT2D eigenvalue weighted by molar-refractivity contribution is 7.84. The second-order valence-corrected chi connectivity index (χ2v) is 6.02. The van der Waals surface area contributed by atoms with Gasteiger partial charge < -0.3 is 15.3 Å². The average molecular weight is 276 g/mol. The number of urea groups is 1. The van der Waals surface area contributed by atoms with E-state index in [0.717, 1.165) is 25.7 Å². The van der Waals surface area contributed by atoms with Gasteiger partial charge in [0.1, 0.15) is 6.54 Å². The number of carbonyl (C=O) groups excluding carboxylic acids is 1. The number of carbonyl (C=O) groups is 2. The van der Waals surface area contributed by atoms with Crippen molar-refractivity contribution >= 4 is 22.8 Å². The molecular weight excluding hydrogens is 256 g/mol. The second-order valence-electron chi connectivity index (χ2n) is 4.47. The van der Waals surface area contributed by atoms with Crippen molar-refractivity contribution < 1.29 is 18.9 Å². The number of carboxylic acids is 1. The number of carboxylic acid groups (broad SMARTS) is 1. The van der Waals surface area contributed by atoms with Crippen molar-refractivity contribution in [2.75, 3.05) is 25.1 Å². The molecule has 0 aliphatic heterocycles. The Morgan fingerprint density at radius 1 is 1.39 bits per heavy atom. The van der Waals surface area contributed by atoms with Crippen LogP contribution < -0.4 is 5.32 Å². The molecule has 1 rings (SSSR count). The van der Waals surface area contributed by atoms with Gasteiger partial charge in [0.15, 0.2) is 0 Å². The van der Waals surface area contributed by atoms with Crippen molar-refractivity contribution in [2.24, 2.45) is 0 Å². The zero-order valence-electron chi connectivity index (χ0n) is 10.6. The number of hydrogen-bond donors (Lipinski definition) is 2. The molecule has 2 amide bonds. The van der Waals surface area contributed by atoms with Crippen LogP contribution in [0.15, 0.2) is 0 Å². The van der Waals surface area contributed by atoms with Gasteiger partial charge in [-0.2, -0.15) is 0 Å². The third-order valence-electron chi connectivity index (χ3n) is 3.00. The van der Waals surface area contributed by atoms with Crippen LogP contribution in [0, 0.1) is 0 Å². The monoisotopic (exact) mass is 276 g/mol. The molecule has 1 aliphatic carbocycles. The fourth-order valence-corrected chi connectivity index (χ4v) is 2.52. The van der Waals surface area contributed by atoms with Crippen LogP contribution in [0.4, 0.5) is 4.79 Å². The van der Waals surface area contributed by atoms with E-state index in [-0.39, 0.29) is 18.6 Å². The summed E-state index contributed by atoms with van der Waals surface area (Å²) in [6.45, 7) is 0.0382. The summed E-state index contributed by atoms with van der Waals surface area (Å²) >= 11 is 0. The van der Waals surface area contributed by atoms with Gasteiger partial charge in [0.05, 0.1) is 0 Å². The highest BCUT2D eigenvalue weighted by Gasteiger charge is 2.28. The number of amides is 2. The molecule has 0 spiro atoms. The van der Waals surface area contributed by atoms with Crippen molar-refractivity contribution in [2.45, 2.75) is 31.7 Å². The van der Waals surface area contributed by atoms with Crippen molar-refractivity contribution in [3.05, 3.63) is 0 Å². The van der Waals surface area contributed by atoms with E-state index in [4.69, 9.17) is 5.11 Å². The normalized spacial score (nSPS) is 17.4. The van der Waals surface area contributed by atoms with Crippen LogP contribution in [0.1, 0.15) is 25.7 Å². The number of rotatable bonds is 6. The van der Waals surface area contributed by atoms with Crippen LogP contribution in [-0.2, 0) is 15.6 Å². The molecule has 0 aromatic rings. The van der Waals surface area contributed by atoms with E-state index in [0.29, 0.717) is 12.3 Å². The van der Waals surface area contributed by atoms with Crippen LogP contribution in [0.2, 0.25) is 0 Å². The highest BCUT2D eigenvalue weighted by atomic mass is 32.2. The molecule has 0 radical (unpaired) electrons. The first-order valence-electron chi connectivity index (χ1n) is 6.07. The fourth-order valence-electron chi connectivity index (χ4n) is 2.13. The van der Waals surface area contributed by atoms with Gasteiger partial charge >= 0.3 is 12.0 Å². The van der Waals surface area contributed by atoms with Gasteiger partial charge in [-0.15, -0.1) is 0 Å². The lowest BCUT2D eigenvalue weighted by Gasteiger charge is -2.27. The summed E-state index contributed by atoms with van der Waals surface area (Å²) in [4.78, 5) is 24.1. The Morgan fingerprint density at radius 3 is 2.50 bits per heavy atom. The minimum absolute atomic E-state index is 0.0215. The number of hydrogen-bond acceptors (Lipinski definition) is 3. The van der Waals surface area contributed by atoms with E-state index in [9.17, 15) is 13.8 Å². The maximum Gasteiger partial charge on any atom is 0.323 e. The number of nitrogens with one attached hydrogen (secondary N) is 1. The molecule has 104 valence electrons. The highest BCUT2D eigenvalue weighted by Crippen LogP contribution is 2.23. The van der Waals surface area contributed by atoms with E-state index >= 15 is 0 Å². The Labute approximate surface area is 109 Å². The molecule has 0 heterocycles. The Balaban J connectivity index is 2.49. The summed E-state index contributed by atoms with van der Waals surface area (Å²) < 4.78 is 10.9. The lowest BCUT2D eigenvalue weighted by molar-refractivity contribution is -0.138. The maximum absolute atomic E-state index is 11.9. The van der Waals surface area contributed by atoms with Crippen molar-refractivity contribution in [1.29, 1.82) is 0 Å². The average Bonchev–Trinajstić information content (AvgIpc) is 2.78. The first-order chi connectivity index (χ1) is 8.50. The maximum atomic E-state index is 11.9. The molecule has 2 N–H and O–H groups in total. The van der Waals surface area contributed by atoms with Gasteiger partial charge in [0.25, 0.3) is 0 Å². The molecule has 0 aromatic carbocycles. The molecule has 1 unspecified atom stereocenters. The molecule has 18 heavy (non-hydrogen) atoms. The van der Waals surface area contributed by atoms with Crippen LogP contribution in [-0.4, -0.2) is 57.4 Å². The largest absolute Gasteiger partial charge is 0.480 e. The summed E-state index contributed by atoms with van der Waals surface area (Å²) in [6, 6.07) is -0.344. The summed E-state index contributed by atoms with van der Waals surface area (Å²) in [7, 11) is -0.957. The standard InChI is InChI=1S/C11H20N2O4S/c1-18(17)7-6-12-11(16)13(8-10(14)15)9-4-2-3-5-9/h9H,2-8H2,1H3,(H,12,16)(H,14,15). The molecule has 1 saturated carbocycles. The van der Waals surface area contributed by atoms with Crippen LogP contribution >= 0.6 is 0 Å². The van der Waals surface area contributed by atoms with Crippen molar-refractivity contribution in [3.8, 4) is 0 Å². The molecule has 1 aliphatic rings. The molecule has 6 nitrogen and oxygen atoms in total. The predicted octanol–water partition coefficient (Wildman–Crippen LogP) is 0.404. The smallest absolute Gasteiger partial charge is 0.323 e. The minimum Gasteiger partial charge on any atom is -0.480 e. The number of nitrogens with zero attached hydrogens (tertiary/aromatic N) is 1. The van der Waals surface area contributed by atoms with Crippen molar-refractivity contribution in [3.63, 3.8) is 0 Å². The number of aliphatic carboxylic acids is 1. The quantitative estimate of drug-likeness (QED) is 0.735. The van der Waals surface area contributed by atoms with Gasteiger partial charge in [-0.1, -0.05) is 12.8 Å². The molecule has 1 fully saturated rings. The lowest BCUT2D eigenvalue weighted by Crippen LogP contribution is -2.48. The van der Waals surface area contributed by atoms with Crippen LogP contribution in [0.25, 0.3) is 0 Å².